The number of hydrogen-bond acceptors (Lipinski definition) is 2. The van der Waals surface area contributed by atoms with Crippen LogP contribution in [0.15, 0.2) is 42.5 Å². The van der Waals surface area contributed by atoms with Crippen LogP contribution in [0.2, 0.25) is 0 Å². The standard InChI is InChI=1S/C17H20FNO/c1-13-3-8-16(18)17(11-13)20-12-15-6-4-14(5-7-15)9-10-19-2/h3-8,11,19H,9-10,12H2,1-2H3. The van der Waals surface area contributed by atoms with E-state index in [1.54, 1.807) is 12.1 Å². The summed E-state index contributed by atoms with van der Waals surface area (Å²) in [5.41, 5.74) is 3.31. The van der Waals surface area contributed by atoms with Crippen LogP contribution in [-0.4, -0.2) is 13.6 Å². The van der Waals surface area contributed by atoms with Crippen molar-refractivity contribution < 1.29 is 9.13 Å². The molecule has 0 amide bonds. The predicted octanol–water partition coefficient (Wildman–Crippen LogP) is 3.48. The van der Waals surface area contributed by atoms with Gasteiger partial charge >= 0.3 is 0 Å². The molecule has 2 nitrogen and oxygen atoms in total. The summed E-state index contributed by atoms with van der Waals surface area (Å²) < 4.78 is 19.1. The van der Waals surface area contributed by atoms with E-state index in [1.165, 1.54) is 11.6 Å². The van der Waals surface area contributed by atoms with Crippen LogP contribution < -0.4 is 10.1 Å². The molecule has 0 heterocycles. The largest absolute Gasteiger partial charge is 0.486 e. The van der Waals surface area contributed by atoms with E-state index < -0.39 is 0 Å². The summed E-state index contributed by atoms with van der Waals surface area (Å²) in [4.78, 5) is 0. The summed E-state index contributed by atoms with van der Waals surface area (Å²) >= 11 is 0. The number of benzene rings is 2. The SMILES string of the molecule is CNCCc1ccc(COc2cc(C)ccc2F)cc1. The fraction of sp³-hybridized carbons (Fsp3) is 0.294. The molecule has 0 fully saturated rings. The van der Waals surface area contributed by atoms with Crippen LogP contribution in [0.4, 0.5) is 4.39 Å². The Labute approximate surface area is 119 Å². The molecule has 0 aliphatic carbocycles. The van der Waals surface area contributed by atoms with Gasteiger partial charge in [0.05, 0.1) is 0 Å². The minimum atomic E-state index is -0.318. The van der Waals surface area contributed by atoms with Crippen molar-refractivity contribution in [2.24, 2.45) is 0 Å². The van der Waals surface area contributed by atoms with Gasteiger partial charge in [-0.3, -0.25) is 0 Å². The molecule has 106 valence electrons. The first-order valence-corrected chi connectivity index (χ1v) is 6.80. The fourth-order valence-corrected chi connectivity index (χ4v) is 1.95. The lowest BCUT2D eigenvalue weighted by atomic mass is 10.1. The van der Waals surface area contributed by atoms with Crippen molar-refractivity contribution in [2.45, 2.75) is 20.0 Å². The Morgan fingerprint density at radius 1 is 1.05 bits per heavy atom. The van der Waals surface area contributed by atoms with Crippen LogP contribution in [0, 0.1) is 12.7 Å². The van der Waals surface area contributed by atoms with Gasteiger partial charge in [-0.25, -0.2) is 4.39 Å². The molecular formula is C17H20FNO. The van der Waals surface area contributed by atoms with E-state index in [0.717, 1.165) is 24.1 Å². The Morgan fingerprint density at radius 2 is 1.75 bits per heavy atom. The van der Waals surface area contributed by atoms with Gasteiger partial charge in [0, 0.05) is 0 Å². The molecule has 2 aromatic rings. The maximum atomic E-state index is 13.5. The van der Waals surface area contributed by atoms with E-state index in [-0.39, 0.29) is 5.82 Å². The quantitative estimate of drug-likeness (QED) is 0.870. The lowest BCUT2D eigenvalue weighted by molar-refractivity contribution is 0.290. The summed E-state index contributed by atoms with van der Waals surface area (Å²) in [6.45, 7) is 3.26. The second kappa shape index (κ2) is 7.06. The first kappa shape index (κ1) is 14.5. The topological polar surface area (TPSA) is 21.3 Å². The molecule has 2 rings (SSSR count). The molecule has 0 unspecified atom stereocenters. The number of ether oxygens (including phenoxy) is 1. The summed E-state index contributed by atoms with van der Waals surface area (Å²) in [5, 5.41) is 3.12. The van der Waals surface area contributed by atoms with Crippen molar-refractivity contribution in [1.82, 2.24) is 5.32 Å². The highest BCUT2D eigenvalue weighted by atomic mass is 19.1. The van der Waals surface area contributed by atoms with E-state index in [2.05, 4.69) is 17.4 Å². The summed E-state index contributed by atoms with van der Waals surface area (Å²) in [6, 6.07) is 13.1. The maximum Gasteiger partial charge on any atom is 0.165 e. The number of halogens is 1. The summed E-state index contributed by atoms with van der Waals surface area (Å²) in [7, 11) is 1.94. The van der Waals surface area contributed by atoms with Gasteiger partial charge in [-0.2, -0.15) is 0 Å². The zero-order chi connectivity index (χ0) is 14.4. The summed E-state index contributed by atoms with van der Waals surface area (Å²) in [5.74, 6) is -0.00880. The van der Waals surface area contributed by atoms with Crippen molar-refractivity contribution in [1.29, 1.82) is 0 Å². The van der Waals surface area contributed by atoms with Gasteiger partial charge in [-0.05, 0) is 55.8 Å². The Bertz CT molecular complexity index is 551. The molecule has 0 aliphatic heterocycles. The van der Waals surface area contributed by atoms with E-state index in [1.807, 2.05) is 26.1 Å². The molecule has 20 heavy (non-hydrogen) atoms. The van der Waals surface area contributed by atoms with Crippen LogP contribution in [0.25, 0.3) is 0 Å². The minimum absolute atomic E-state index is 0.309. The lowest BCUT2D eigenvalue weighted by Crippen LogP contribution is -2.10. The highest BCUT2D eigenvalue weighted by Crippen LogP contribution is 2.19. The van der Waals surface area contributed by atoms with Crippen LogP contribution in [0.5, 0.6) is 5.75 Å². The number of hydrogen-bond donors (Lipinski definition) is 1. The second-order valence-corrected chi connectivity index (χ2v) is 4.89. The van der Waals surface area contributed by atoms with Crippen LogP contribution in [0.3, 0.4) is 0 Å². The molecule has 0 spiro atoms. The average Bonchev–Trinajstić information content (AvgIpc) is 2.47. The first-order chi connectivity index (χ1) is 9.69. The number of aryl methyl sites for hydroxylation is 1. The first-order valence-electron chi connectivity index (χ1n) is 6.80. The smallest absolute Gasteiger partial charge is 0.165 e. The minimum Gasteiger partial charge on any atom is -0.486 e. The van der Waals surface area contributed by atoms with E-state index in [9.17, 15) is 4.39 Å². The number of likely N-dealkylation sites (N-methyl/N-ethyl adjacent to an activating group) is 1. The van der Waals surface area contributed by atoms with E-state index >= 15 is 0 Å². The van der Waals surface area contributed by atoms with Crippen molar-refractivity contribution in [2.75, 3.05) is 13.6 Å². The number of rotatable bonds is 6. The van der Waals surface area contributed by atoms with Crippen molar-refractivity contribution in [3.05, 3.63) is 65.0 Å². The predicted molar refractivity (Wildman–Crippen MR) is 79.5 cm³/mol. The molecule has 0 saturated heterocycles. The Balaban J connectivity index is 1.95. The van der Waals surface area contributed by atoms with Gasteiger partial charge in [-0.1, -0.05) is 30.3 Å². The lowest BCUT2D eigenvalue weighted by Gasteiger charge is -2.09. The highest BCUT2D eigenvalue weighted by molar-refractivity contribution is 5.30. The zero-order valence-electron chi connectivity index (χ0n) is 11.9. The normalized spacial score (nSPS) is 10.6. The molecule has 0 bridgehead atoms. The second-order valence-electron chi connectivity index (χ2n) is 4.89. The van der Waals surface area contributed by atoms with Gasteiger partial charge in [0.15, 0.2) is 11.6 Å². The zero-order valence-corrected chi connectivity index (χ0v) is 11.9. The number of nitrogens with one attached hydrogen (secondary N) is 1. The average molecular weight is 273 g/mol. The van der Waals surface area contributed by atoms with Gasteiger partial charge in [0.2, 0.25) is 0 Å². The molecule has 3 heteroatoms. The summed E-state index contributed by atoms with van der Waals surface area (Å²) in [6.07, 6.45) is 1.00. The molecule has 0 radical (unpaired) electrons. The molecular weight excluding hydrogens is 253 g/mol. The maximum absolute atomic E-state index is 13.5. The Kier molecular flexibility index (Phi) is 5.13. The third-order valence-electron chi connectivity index (χ3n) is 3.17. The van der Waals surface area contributed by atoms with Gasteiger partial charge in [0.1, 0.15) is 6.61 Å². The fourth-order valence-electron chi connectivity index (χ4n) is 1.95. The molecule has 2 aromatic carbocycles. The molecule has 1 N–H and O–H groups in total. The molecule has 0 saturated carbocycles. The Hall–Kier alpha value is -1.87. The van der Waals surface area contributed by atoms with Crippen molar-refractivity contribution in [3.63, 3.8) is 0 Å². The monoisotopic (exact) mass is 273 g/mol. The van der Waals surface area contributed by atoms with Crippen LogP contribution in [-0.2, 0) is 13.0 Å². The van der Waals surface area contributed by atoms with Crippen molar-refractivity contribution in [3.8, 4) is 5.75 Å². The van der Waals surface area contributed by atoms with Crippen LogP contribution >= 0.6 is 0 Å². The van der Waals surface area contributed by atoms with E-state index in [4.69, 9.17) is 4.74 Å². The van der Waals surface area contributed by atoms with Gasteiger partial charge < -0.3 is 10.1 Å². The molecule has 0 aliphatic rings. The third kappa shape index (κ3) is 4.07. The van der Waals surface area contributed by atoms with Crippen molar-refractivity contribution >= 4 is 0 Å². The Morgan fingerprint density at radius 3 is 2.45 bits per heavy atom. The molecule has 0 aromatic heterocycles. The highest BCUT2D eigenvalue weighted by Gasteiger charge is 2.04. The van der Waals surface area contributed by atoms with E-state index in [0.29, 0.717) is 12.4 Å². The molecule has 0 atom stereocenters. The third-order valence-corrected chi connectivity index (χ3v) is 3.17. The van der Waals surface area contributed by atoms with Crippen LogP contribution in [0.1, 0.15) is 16.7 Å². The van der Waals surface area contributed by atoms with Gasteiger partial charge in [0.25, 0.3) is 0 Å². The van der Waals surface area contributed by atoms with Gasteiger partial charge in [-0.15, -0.1) is 0 Å².